The van der Waals surface area contributed by atoms with Gasteiger partial charge in [0.2, 0.25) is 0 Å². The fraction of sp³-hybridized carbons (Fsp3) is 0.385. The van der Waals surface area contributed by atoms with Crippen LogP contribution in [0.15, 0.2) is 24.3 Å². The molecule has 0 saturated carbocycles. The van der Waals surface area contributed by atoms with Crippen molar-refractivity contribution in [1.82, 2.24) is 5.32 Å². The molecule has 0 aliphatic carbocycles. The molecule has 1 N–H and O–H groups in total. The number of rotatable bonds is 1. The van der Waals surface area contributed by atoms with Crippen LogP contribution in [-0.4, -0.2) is 31.9 Å². The lowest BCUT2D eigenvalue weighted by Gasteiger charge is -2.29. The van der Waals surface area contributed by atoms with E-state index in [2.05, 4.69) is 59.0 Å². The Hall–Kier alpha value is -1.11. The maximum atomic E-state index is 4.07. The predicted octanol–water partition coefficient (Wildman–Crippen LogP) is 1.38. The SMILES string of the molecule is SCC#Cc1ccc(N2CCNCC2)cc1. The number of nitrogens with one attached hydrogen (secondary N) is 1. The van der Waals surface area contributed by atoms with E-state index in [9.17, 15) is 0 Å². The average molecular weight is 232 g/mol. The van der Waals surface area contributed by atoms with Crippen molar-refractivity contribution in [3.05, 3.63) is 29.8 Å². The predicted molar refractivity (Wildman–Crippen MR) is 72.3 cm³/mol. The Morgan fingerprint density at radius 3 is 2.50 bits per heavy atom. The number of thiol groups is 1. The van der Waals surface area contributed by atoms with E-state index in [-0.39, 0.29) is 0 Å². The minimum absolute atomic E-state index is 0.611. The molecule has 2 nitrogen and oxygen atoms in total. The van der Waals surface area contributed by atoms with Gasteiger partial charge < -0.3 is 10.2 Å². The third kappa shape index (κ3) is 2.94. The molecule has 16 heavy (non-hydrogen) atoms. The monoisotopic (exact) mass is 232 g/mol. The highest BCUT2D eigenvalue weighted by molar-refractivity contribution is 7.80. The molecular weight excluding hydrogens is 216 g/mol. The molecule has 0 bridgehead atoms. The van der Waals surface area contributed by atoms with Gasteiger partial charge in [-0.3, -0.25) is 0 Å². The molecule has 1 saturated heterocycles. The van der Waals surface area contributed by atoms with Crippen LogP contribution < -0.4 is 10.2 Å². The summed E-state index contributed by atoms with van der Waals surface area (Å²) in [6.07, 6.45) is 0. The first-order chi connectivity index (χ1) is 7.90. The maximum Gasteiger partial charge on any atom is 0.0521 e. The van der Waals surface area contributed by atoms with Crippen molar-refractivity contribution in [2.75, 3.05) is 36.8 Å². The third-order valence-corrected chi connectivity index (χ3v) is 2.82. The highest BCUT2D eigenvalue weighted by Crippen LogP contribution is 2.15. The third-order valence-electron chi connectivity index (χ3n) is 2.66. The zero-order valence-corrected chi connectivity index (χ0v) is 10.1. The standard InChI is InChI=1S/C13H16N2S/c16-11-1-2-12-3-5-13(6-4-12)15-9-7-14-8-10-15/h3-6,14,16H,7-11H2. The molecule has 1 aliphatic heterocycles. The number of benzene rings is 1. The van der Waals surface area contributed by atoms with E-state index in [1.54, 1.807) is 0 Å². The summed E-state index contributed by atoms with van der Waals surface area (Å²) < 4.78 is 0. The molecule has 84 valence electrons. The fourth-order valence-electron chi connectivity index (χ4n) is 1.82. The van der Waals surface area contributed by atoms with Gasteiger partial charge in [0.15, 0.2) is 0 Å². The van der Waals surface area contributed by atoms with Gasteiger partial charge in [0, 0.05) is 37.4 Å². The van der Waals surface area contributed by atoms with Crippen LogP contribution in [0.4, 0.5) is 5.69 Å². The van der Waals surface area contributed by atoms with E-state index in [1.165, 1.54) is 5.69 Å². The van der Waals surface area contributed by atoms with Crippen molar-refractivity contribution in [2.24, 2.45) is 0 Å². The lowest BCUT2D eigenvalue weighted by atomic mass is 10.2. The van der Waals surface area contributed by atoms with Crippen LogP contribution in [0.2, 0.25) is 0 Å². The van der Waals surface area contributed by atoms with Gasteiger partial charge in [-0.2, -0.15) is 12.6 Å². The summed E-state index contributed by atoms with van der Waals surface area (Å²) in [4.78, 5) is 2.40. The first-order valence-electron chi connectivity index (χ1n) is 5.55. The first kappa shape index (κ1) is 11.4. The Morgan fingerprint density at radius 1 is 1.19 bits per heavy atom. The molecule has 1 aromatic carbocycles. The zero-order valence-electron chi connectivity index (χ0n) is 9.24. The van der Waals surface area contributed by atoms with Gasteiger partial charge in [-0.05, 0) is 24.3 Å². The number of anilines is 1. The molecule has 3 heteroatoms. The van der Waals surface area contributed by atoms with Crippen LogP contribution in [0.5, 0.6) is 0 Å². The van der Waals surface area contributed by atoms with Gasteiger partial charge in [-0.1, -0.05) is 11.8 Å². The van der Waals surface area contributed by atoms with E-state index in [0.717, 1.165) is 31.7 Å². The topological polar surface area (TPSA) is 15.3 Å². The summed E-state index contributed by atoms with van der Waals surface area (Å²) in [5.41, 5.74) is 2.35. The van der Waals surface area contributed by atoms with Crippen LogP contribution >= 0.6 is 12.6 Å². The van der Waals surface area contributed by atoms with E-state index >= 15 is 0 Å². The Kier molecular flexibility index (Phi) is 4.15. The minimum atomic E-state index is 0.611. The molecule has 0 radical (unpaired) electrons. The Labute approximate surface area is 102 Å². The minimum Gasteiger partial charge on any atom is -0.369 e. The van der Waals surface area contributed by atoms with Gasteiger partial charge in [0.1, 0.15) is 0 Å². The molecule has 0 amide bonds. The quantitative estimate of drug-likeness (QED) is 0.562. The van der Waals surface area contributed by atoms with Crippen LogP contribution in [-0.2, 0) is 0 Å². The highest BCUT2D eigenvalue weighted by atomic mass is 32.1. The molecule has 0 spiro atoms. The van der Waals surface area contributed by atoms with Gasteiger partial charge in [0.25, 0.3) is 0 Å². The maximum absolute atomic E-state index is 4.07. The van der Waals surface area contributed by atoms with E-state index < -0.39 is 0 Å². The summed E-state index contributed by atoms with van der Waals surface area (Å²) in [5.74, 6) is 6.63. The molecule has 0 atom stereocenters. The molecule has 0 unspecified atom stereocenters. The second-order valence-electron chi connectivity index (χ2n) is 3.74. The van der Waals surface area contributed by atoms with Gasteiger partial charge in [-0.25, -0.2) is 0 Å². The first-order valence-corrected chi connectivity index (χ1v) is 6.19. The van der Waals surface area contributed by atoms with E-state index in [4.69, 9.17) is 0 Å². The Bertz CT molecular complexity index is 383. The molecule has 1 heterocycles. The Morgan fingerprint density at radius 2 is 1.88 bits per heavy atom. The molecule has 1 aromatic rings. The smallest absolute Gasteiger partial charge is 0.0521 e. The lowest BCUT2D eigenvalue weighted by molar-refractivity contribution is 0.589. The molecule has 0 aromatic heterocycles. The summed E-state index contributed by atoms with van der Waals surface area (Å²) in [7, 11) is 0. The molecular formula is C13H16N2S. The van der Waals surface area contributed by atoms with Gasteiger partial charge in [0.05, 0.1) is 5.75 Å². The van der Waals surface area contributed by atoms with Gasteiger partial charge >= 0.3 is 0 Å². The zero-order chi connectivity index (χ0) is 11.2. The normalized spacial score (nSPS) is 15.4. The largest absolute Gasteiger partial charge is 0.369 e. The van der Waals surface area contributed by atoms with E-state index in [1.807, 2.05) is 0 Å². The number of piperazine rings is 1. The van der Waals surface area contributed by atoms with Crippen LogP contribution in [0.1, 0.15) is 5.56 Å². The molecule has 1 fully saturated rings. The van der Waals surface area contributed by atoms with Crippen molar-refractivity contribution in [3.8, 4) is 11.8 Å². The average Bonchev–Trinajstić information content (AvgIpc) is 2.38. The Balaban J connectivity index is 2.06. The van der Waals surface area contributed by atoms with Crippen molar-refractivity contribution in [1.29, 1.82) is 0 Å². The van der Waals surface area contributed by atoms with E-state index in [0.29, 0.717) is 5.75 Å². The van der Waals surface area contributed by atoms with Crippen molar-refractivity contribution in [3.63, 3.8) is 0 Å². The summed E-state index contributed by atoms with van der Waals surface area (Å²) in [5, 5.41) is 3.35. The summed E-state index contributed by atoms with van der Waals surface area (Å²) in [6.45, 7) is 4.31. The number of hydrogen-bond acceptors (Lipinski definition) is 3. The fourth-order valence-corrected chi connectivity index (χ4v) is 1.90. The van der Waals surface area contributed by atoms with Gasteiger partial charge in [-0.15, -0.1) is 0 Å². The number of hydrogen-bond donors (Lipinski definition) is 2. The molecule has 2 rings (SSSR count). The van der Waals surface area contributed by atoms with Crippen molar-refractivity contribution < 1.29 is 0 Å². The summed E-state index contributed by atoms with van der Waals surface area (Å²) >= 11 is 4.07. The van der Waals surface area contributed by atoms with Crippen LogP contribution in [0.3, 0.4) is 0 Å². The van der Waals surface area contributed by atoms with Crippen molar-refractivity contribution >= 4 is 18.3 Å². The van der Waals surface area contributed by atoms with Crippen molar-refractivity contribution in [2.45, 2.75) is 0 Å². The van der Waals surface area contributed by atoms with Crippen LogP contribution in [0.25, 0.3) is 0 Å². The number of nitrogens with zero attached hydrogens (tertiary/aromatic N) is 1. The second-order valence-corrected chi connectivity index (χ2v) is 4.06. The summed E-state index contributed by atoms with van der Waals surface area (Å²) in [6, 6.07) is 8.45. The molecule has 1 aliphatic rings. The lowest BCUT2D eigenvalue weighted by Crippen LogP contribution is -2.43. The van der Waals surface area contributed by atoms with Crippen LogP contribution in [0, 0.1) is 11.8 Å². The second kappa shape index (κ2) is 5.83. The highest BCUT2D eigenvalue weighted by Gasteiger charge is 2.09.